The van der Waals surface area contributed by atoms with Gasteiger partial charge in [-0.1, -0.05) is 129 Å². The van der Waals surface area contributed by atoms with E-state index in [-0.39, 0.29) is 5.91 Å². The van der Waals surface area contributed by atoms with Gasteiger partial charge in [0, 0.05) is 6.42 Å². The standard InChI is InChI=1S/C25H51N2O2/c1-3-5-6-7-8-9-10-11-12-13-14-15-16-17-18-19-20-21-22-23-25(28)26-24(4-2)27-29/h24,27H,3-23H2,1-2H3,(H,26,28)/q-1. The second-order valence-electron chi connectivity index (χ2n) is 8.76. The van der Waals surface area contributed by atoms with Crippen LogP contribution in [-0.4, -0.2) is 12.1 Å². The molecule has 4 nitrogen and oxygen atoms in total. The van der Waals surface area contributed by atoms with Crippen LogP contribution in [0.2, 0.25) is 0 Å². The normalized spacial score (nSPS) is 12.2. The van der Waals surface area contributed by atoms with Gasteiger partial charge >= 0.3 is 0 Å². The van der Waals surface area contributed by atoms with E-state index in [0.717, 1.165) is 12.8 Å². The van der Waals surface area contributed by atoms with Crippen molar-refractivity contribution in [1.82, 2.24) is 10.8 Å². The molecule has 174 valence electrons. The molecule has 4 heteroatoms. The van der Waals surface area contributed by atoms with Crippen LogP contribution in [0.25, 0.3) is 0 Å². The smallest absolute Gasteiger partial charge is 0.221 e. The van der Waals surface area contributed by atoms with Gasteiger partial charge in [-0.2, -0.15) is 0 Å². The Morgan fingerprint density at radius 2 is 0.966 bits per heavy atom. The molecule has 0 radical (unpaired) electrons. The topological polar surface area (TPSA) is 64.2 Å². The maximum atomic E-state index is 11.7. The third kappa shape index (κ3) is 21.9. The third-order valence-electron chi connectivity index (χ3n) is 5.89. The van der Waals surface area contributed by atoms with Gasteiger partial charge in [0.1, 0.15) is 0 Å². The van der Waals surface area contributed by atoms with E-state index in [2.05, 4.69) is 12.2 Å². The summed E-state index contributed by atoms with van der Waals surface area (Å²) in [5, 5.41) is 13.3. The maximum Gasteiger partial charge on any atom is 0.221 e. The summed E-state index contributed by atoms with van der Waals surface area (Å²) >= 11 is 0. The quantitative estimate of drug-likeness (QED) is 0.103. The molecule has 0 aromatic rings. The van der Waals surface area contributed by atoms with Gasteiger partial charge in [-0.05, 0) is 12.8 Å². The number of carbonyl (C=O) groups is 1. The first-order chi connectivity index (χ1) is 14.2. The highest BCUT2D eigenvalue weighted by Crippen LogP contribution is 2.14. The lowest BCUT2D eigenvalue weighted by atomic mass is 10.0. The largest absolute Gasteiger partial charge is 0.786 e. The molecule has 0 aliphatic heterocycles. The molecule has 0 rings (SSSR count). The predicted octanol–water partition coefficient (Wildman–Crippen LogP) is 7.75. The average molecular weight is 412 g/mol. The predicted molar refractivity (Wildman–Crippen MR) is 127 cm³/mol. The van der Waals surface area contributed by atoms with Crippen LogP contribution in [0.4, 0.5) is 0 Å². The van der Waals surface area contributed by atoms with Gasteiger partial charge in [0.15, 0.2) is 0 Å². The van der Waals surface area contributed by atoms with Gasteiger partial charge in [0.25, 0.3) is 0 Å². The van der Waals surface area contributed by atoms with E-state index < -0.39 is 6.17 Å². The van der Waals surface area contributed by atoms with E-state index in [1.807, 2.05) is 12.4 Å². The van der Waals surface area contributed by atoms with E-state index in [9.17, 15) is 10.0 Å². The molecule has 0 aromatic heterocycles. The Hall–Kier alpha value is -0.610. The molecule has 0 fully saturated rings. The number of amides is 1. The minimum absolute atomic E-state index is 0.00725. The van der Waals surface area contributed by atoms with Crippen LogP contribution < -0.4 is 10.8 Å². The van der Waals surface area contributed by atoms with Gasteiger partial charge in [0.05, 0.1) is 6.17 Å². The number of carbonyl (C=O) groups excluding carboxylic acids is 1. The molecular weight excluding hydrogens is 360 g/mol. The highest BCUT2D eigenvalue weighted by molar-refractivity contribution is 5.76. The molecule has 1 atom stereocenters. The third-order valence-corrected chi connectivity index (χ3v) is 5.89. The monoisotopic (exact) mass is 411 g/mol. The van der Waals surface area contributed by atoms with Crippen molar-refractivity contribution in [2.24, 2.45) is 0 Å². The van der Waals surface area contributed by atoms with E-state index in [1.54, 1.807) is 0 Å². The molecule has 0 bridgehead atoms. The molecule has 0 spiro atoms. The van der Waals surface area contributed by atoms with Gasteiger partial charge < -0.3 is 16.0 Å². The molecule has 2 N–H and O–H groups in total. The Morgan fingerprint density at radius 3 is 1.28 bits per heavy atom. The highest BCUT2D eigenvalue weighted by atomic mass is 16.5. The number of rotatable bonds is 23. The first-order valence-corrected chi connectivity index (χ1v) is 12.9. The van der Waals surface area contributed by atoms with Gasteiger partial charge in [-0.15, -0.1) is 0 Å². The lowest BCUT2D eigenvalue weighted by Gasteiger charge is -2.21. The molecule has 0 aliphatic carbocycles. The van der Waals surface area contributed by atoms with Crippen molar-refractivity contribution in [3.63, 3.8) is 0 Å². The lowest BCUT2D eigenvalue weighted by Crippen LogP contribution is -2.42. The number of hydrogen-bond acceptors (Lipinski definition) is 3. The zero-order valence-electron chi connectivity index (χ0n) is 19.7. The van der Waals surface area contributed by atoms with Crippen molar-refractivity contribution < 1.29 is 4.79 Å². The Bertz CT molecular complexity index is 333. The summed E-state index contributed by atoms with van der Waals surface area (Å²) in [5.41, 5.74) is 1.86. The Labute approximate surface area is 182 Å². The molecule has 0 saturated heterocycles. The summed E-state index contributed by atoms with van der Waals surface area (Å²) in [4.78, 5) is 11.7. The van der Waals surface area contributed by atoms with Gasteiger partial charge in [0.2, 0.25) is 5.91 Å². The SMILES string of the molecule is CCCCCCCCCCCCCCCCCCCCCC(=O)NC(CC)N[O-]. The molecule has 1 unspecified atom stereocenters. The van der Waals surface area contributed by atoms with Gasteiger partial charge in [-0.3, -0.25) is 4.79 Å². The van der Waals surface area contributed by atoms with Crippen LogP contribution >= 0.6 is 0 Å². The fraction of sp³-hybridized carbons (Fsp3) is 0.960. The zero-order valence-corrected chi connectivity index (χ0v) is 19.7. The van der Waals surface area contributed by atoms with Crippen molar-refractivity contribution >= 4 is 5.91 Å². The minimum atomic E-state index is -0.428. The number of unbranched alkanes of at least 4 members (excludes halogenated alkanes) is 18. The van der Waals surface area contributed by atoms with E-state index in [4.69, 9.17) is 0 Å². The zero-order chi connectivity index (χ0) is 21.4. The summed E-state index contributed by atoms with van der Waals surface area (Å²) in [6, 6.07) is 0. The van der Waals surface area contributed by atoms with Crippen LogP contribution in [0.15, 0.2) is 0 Å². The average Bonchev–Trinajstić information content (AvgIpc) is 2.73. The Morgan fingerprint density at radius 1 is 0.621 bits per heavy atom. The van der Waals surface area contributed by atoms with Crippen molar-refractivity contribution in [2.75, 3.05) is 0 Å². The van der Waals surface area contributed by atoms with E-state index >= 15 is 0 Å². The van der Waals surface area contributed by atoms with Crippen LogP contribution in [0.1, 0.15) is 149 Å². The lowest BCUT2D eigenvalue weighted by molar-refractivity contribution is -0.122. The number of nitrogens with one attached hydrogen (secondary N) is 2. The second kappa shape index (κ2) is 23.7. The van der Waals surface area contributed by atoms with Crippen molar-refractivity contribution in [3.05, 3.63) is 5.21 Å². The van der Waals surface area contributed by atoms with Crippen LogP contribution in [0, 0.1) is 5.21 Å². The summed E-state index contributed by atoms with van der Waals surface area (Å²) in [6.07, 6.45) is 26.5. The molecule has 0 heterocycles. The summed E-state index contributed by atoms with van der Waals surface area (Å²) in [6.45, 7) is 4.17. The first kappa shape index (κ1) is 28.4. The summed E-state index contributed by atoms with van der Waals surface area (Å²) in [7, 11) is 0. The minimum Gasteiger partial charge on any atom is -0.786 e. The van der Waals surface area contributed by atoms with Crippen LogP contribution in [0.3, 0.4) is 0 Å². The van der Waals surface area contributed by atoms with Crippen LogP contribution in [-0.2, 0) is 4.79 Å². The Kier molecular flexibility index (Phi) is 23.2. The van der Waals surface area contributed by atoms with E-state index in [0.29, 0.717) is 12.8 Å². The molecule has 0 aliphatic rings. The maximum absolute atomic E-state index is 11.7. The summed E-state index contributed by atoms with van der Waals surface area (Å²) in [5.74, 6) is -0.00725. The number of hydrogen-bond donors (Lipinski definition) is 2. The van der Waals surface area contributed by atoms with E-state index in [1.165, 1.54) is 109 Å². The molecular formula is C25H51N2O2-. The van der Waals surface area contributed by atoms with Crippen molar-refractivity contribution in [3.8, 4) is 0 Å². The number of hydroxylamine groups is 1. The fourth-order valence-electron chi connectivity index (χ4n) is 3.85. The van der Waals surface area contributed by atoms with Crippen molar-refractivity contribution in [1.29, 1.82) is 0 Å². The first-order valence-electron chi connectivity index (χ1n) is 12.9. The summed E-state index contributed by atoms with van der Waals surface area (Å²) < 4.78 is 0. The molecule has 29 heavy (non-hydrogen) atoms. The molecule has 0 aromatic carbocycles. The highest BCUT2D eigenvalue weighted by Gasteiger charge is 2.05. The van der Waals surface area contributed by atoms with Crippen LogP contribution in [0.5, 0.6) is 0 Å². The molecule has 0 saturated carbocycles. The second-order valence-corrected chi connectivity index (χ2v) is 8.76. The Balaban J connectivity index is 3.14. The fourth-order valence-corrected chi connectivity index (χ4v) is 3.85. The van der Waals surface area contributed by atoms with Gasteiger partial charge in [-0.25, -0.2) is 0 Å². The molecule has 1 amide bonds. The van der Waals surface area contributed by atoms with Crippen molar-refractivity contribution in [2.45, 2.75) is 155 Å².